The van der Waals surface area contributed by atoms with Crippen molar-refractivity contribution in [3.8, 4) is 0 Å². The summed E-state index contributed by atoms with van der Waals surface area (Å²) in [5.41, 5.74) is 1.15. The first-order valence-corrected chi connectivity index (χ1v) is 12.3. The van der Waals surface area contributed by atoms with E-state index in [2.05, 4.69) is 10.1 Å². The maximum Gasteiger partial charge on any atom is 0.337 e. The number of amides is 3. The van der Waals surface area contributed by atoms with Gasteiger partial charge in [0, 0.05) is 5.69 Å². The Kier molecular flexibility index (Phi) is 11.0. The number of esters is 1. The lowest BCUT2D eigenvalue weighted by molar-refractivity contribution is -0.151. The number of rotatable bonds is 12. The first-order chi connectivity index (χ1) is 18.0. The summed E-state index contributed by atoms with van der Waals surface area (Å²) in [7, 11) is 1.23. The second-order valence-corrected chi connectivity index (χ2v) is 9.32. The van der Waals surface area contributed by atoms with E-state index in [9.17, 15) is 34.2 Å². The molecule has 0 fully saturated rings. The summed E-state index contributed by atoms with van der Waals surface area (Å²) in [6.45, 7) is 5.32. The van der Waals surface area contributed by atoms with Gasteiger partial charge in [-0.2, -0.15) is 0 Å². The lowest BCUT2D eigenvalue weighted by Crippen LogP contribution is -2.54. The van der Waals surface area contributed by atoms with Gasteiger partial charge in [-0.3, -0.25) is 9.59 Å². The second-order valence-electron chi connectivity index (χ2n) is 9.32. The van der Waals surface area contributed by atoms with Crippen molar-refractivity contribution in [2.24, 2.45) is 11.8 Å². The number of nitrogens with zero attached hydrogens (tertiary/aromatic N) is 1. The first kappa shape index (κ1) is 30.0. The molecule has 0 aliphatic rings. The highest BCUT2D eigenvalue weighted by molar-refractivity contribution is 6.05. The Balaban J connectivity index is 2.53. The molecule has 10 nitrogen and oxygen atoms in total. The van der Waals surface area contributed by atoms with Crippen LogP contribution in [-0.4, -0.2) is 58.1 Å². The van der Waals surface area contributed by atoms with Crippen molar-refractivity contribution in [2.45, 2.75) is 52.0 Å². The number of imide groups is 1. The van der Waals surface area contributed by atoms with Crippen LogP contribution in [0.15, 0.2) is 54.6 Å². The standard InChI is InChI=1S/C28H34N2O8/c1-5-21(18-9-7-6-8-10-18)22(16-24(31)32)25(33)30(23(26(34)35)15-17(2)3)28(37)29-20-13-11-19(12-14-20)27(36)38-4/h6-14,17,21-23H,5,15-16H2,1-4H3,(H,29,37)(H,31,32)(H,34,35)/t21?,22?,23-/m0/s1. The van der Waals surface area contributed by atoms with Crippen molar-refractivity contribution in [2.75, 3.05) is 12.4 Å². The number of carboxylic acid groups (broad SMARTS) is 2. The third-order valence-corrected chi connectivity index (χ3v) is 6.17. The number of carboxylic acids is 2. The Morgan fingerprint density at radius 1 is 0.947 bits per heavy atom. The van der Waals surface area contributed by atoms with Crippen molar-refractivity contribution >= 4 is 35.5 Å². The molecule has 10 heteroatoms. The lowest BCUT2D eigenvalue weighted by Gasteiger charge is -2.34. The predicted octanol–water partition coefficient (Wildman–Crippen LogP) is 4.62. The Morgan fingerprint density at radius 3 is 2.03 bits per heavy atom. The molecule has 2 unspecified atom stereocenters. The maximum atomic E-state index is 14.0. The predicted molar refractivity (Wildman–Crippen MR) is 140 cm³/mol. The molecule has 0 radical (unpaired) electrons. The van der Waals surface area contributed by atoms with E-state index in [1.54, 1.807) is 51.1 Å². The number of nitrogens with one attached hydrogen (secondary N) is 1. The monoisotopic (exact) mass is 526 g/mol. The fraction of sp³-hybridized carbons (Fsp3) is 0.393. The highest BCUT2D eigenvalue weighted by Crippen LogP contribution is 2.33. The number of aliphatic carboxylic acids is 2. The smallest absolute Gasteiger partial charge is 0.337 e. The second kappa shape index (κ2) is 13.9. The van der Waals surface area contributed by atoms with Crippen LogP contribution in [0, 0.1) is 11.8 Å². The van der Waals surface area contributed by atoms with E-state index in [4.69, 9.17) is 0 Å². The van der Waals surface area contributed by atoms with E-state index >= 15 is 0 Å². The van der Waals surface area contributed by atoms with Gasteiger partial charge in [-0.05, 0) is 54.5 Å². The van der Waals surface area contributed by atoms with Gasteiger partial charge in [-0.15, -0.1) is 0 Å². The van der Waals surface area contributed by atoms with Crippen LogP contribution < -0.4 is 5.32 Å². The number of benzene rings is 2. The van der Waals surface area contributed by atoms with Crippen LogP contribution in [0.3, 0.4) is 0 Å². The van der Waals surface area contributed by atoms with E-state index in [1.807, 2.05) is 0 Å². The van der Waals surface area contributed by atoms with Crippen LogP contribution in [-0.2, 0) is 19.1 Å². The third kappa shape index (κ3) is 7.89. The maximum absolute atomic E-state index is 14.0. The minimum absolute atomic E-state index is 0.0301. The van der Waals surface area contributed by atoms with Crippen molar-refractivity contribution in [3.63, 3.8) is 0 Å². The van der Waals surface area contributed by atoms with Crippen molar-refractivity contribution in [1.29, 1.82) is 0 Å². The number of ether oxygens (including phenoxy) is 1. The lowest BCUT2D eigenvalue weighted by atomic mass is 9.80. The minimum Gasteiger partial charge on any atom is -0.481 e. The summed E-state index contributed by atoms with van der Waals surface area (Å²) in [6, 6.07) is 12.0. The van der Waals surface area contributed by atoms with E-state index in [0.29, 0.717) is 16.9 Å². The van der Waals surface area contributed by atoms with Crippen LogP contribution in [0.4, 0.5) is 10.5 Å². The molecule has 3 amide bonds. The molecule has 0 aromatic heterocycles. The molecule has 3 N–H and O–H groups in total. The van der Waals surface area contributed by atoms with Crippen molar-refractivity contribution < 1.29 is 38.9 Å². The van der Waals surface area contributed by atoms with Crippen LogP contribution in [0.25, 0.3) is 0 Å². The summed E-state index contributed by atoms with van der Waals surface area (Å²) in [5, 5.41) is 22.2. The third-order valence-electron chi connectivity index (χ3n) is 6.17. The highest BCUT2D eigenvalue weighted by Gasteiger charge is 2.42. The molecule has 3 atom stereocenters. The average molecular weight is 527 g/mol. The normalized spacial score (nSPS) is 13.2. The summed E-state index contributed by atoms with van der Waals surface area (Å²) >= 11 is 0. The number of methoxy groups -OCH3 is 1. The molecule has 0 spiro atoms. The Morgan fingerprint density at radius 2 is 1.55 bits per heavy atom. The molecule has 2 rings (SSSR count). The molecular weight excluding hydrogens is 492 g/mol. The van der Waals surface area contributed by atoms with E-state index in [0.717, 1.165) is 0 Å². The first-order valence-electron chi connectivity index (χ1n) is 12.3. The fourth-order valence-corrected chi connectivity index (χ4v) is 4.37. The average Bonchev–Trinajstić information content (AvgIpc) is 2.88. The molecule has 0 saturated carbocycles. The zero-order valence-electron chi connectivity index (χ0n) is 21.9. The molecule has 204 valence electrons. The topological polar surface area (TPSA) is 150 Å². The molecule has 2 aromatic rings. The summed E-state index contributed by atoms with van der Waals surface area (Å²) in [4.78, 5) is 63.9. The van der Waals surface area contributed by atoms with Crippen LogP contribution in [0.2, 0.25) is 0 Å². The molecule has 38 heavy (non-hydrogen) atoms. The number of hydrogen-bond acceptors (Lipinski definition) is 6. The molecule has 0 saturated heterocycles. The number of carbonyl (C=O) groups is 5. The zero-order chi connectivity index (χ0) is 28.4. The van der Waals surface area contributed by atoms with Crippen molar-refractivity contribution in [3.05, 3.63) is 65.7 Å². The van der Waals surface area contributed by atoms with Gasteiger partial charge in [-0.25, -0.2) is 19.3 Å². The summed E-state index contributed by atoms with van der Waals surface area (Å²) in [6.07, 6.45) is -0.227. The Labute approximate surface area is 221 Å². The zero-order valence-corrected chi connectivity index (χ0v) is 21.9. The fourth-order valence-electron chi connectivity index (χ4n) is 4.37. The van der Waals surface area contributed by atoms with Crippen LogP contribution >= 0.6 is 0 Å². The largest absolute Gasteiger partial charge is 0.481 e. The molecule has 2 aromatic carbocycles. The van der Waals surface area contributed by atoms with E-state index < -0.39 is 54.1 Å². The van der Waals surface area contributed by atoms with Crippen LogP contribution in [0.1, 0.15) is 61.9 Å². The summed E-state index contributed by atoms with van der Waals surface area (Å²) < 4.78 is 4.66. The van der Waals surface area contributed by atoms with E-state index in [1.165, 1.54) is 31.4 Å². The Hall–Kier alpha value is -4.21. The van der Waals surface area contributed by atoms with Gasteiger partial charge in [0.05, 0.1) is 25.0 Å². The van der Waals surface area contributed by atoms with Gasteiger partial charge in [0.15, 0.2) is 0 Å². The van der Waals surface area contributed by atoms with E-state index in [-0.39, 0.29) is 23.6 Å². The van der Waals surface area contributed by atoms with Gasteiger partial charge in [0.25, 0.3) is 0 Å². The molecular formula is C28H34N2O8. The van der Waals surface area contributed by atoms with Crippen LogP contribution in [0.5, 0.6) is 0 Å². The minimum atomic E-state index is -1.53. The van der Waals surface area contributed by atoms with Gasteiger partial charge in [0.1, 0.15) is 6.04 Å². The quantitative estimate of drug-likeness (QED) is 0.339. The number of hydrogen-bond donors (Lipinski definition) is 3. The number of anilines is 1. The SMILES string of the molecule is CCC(c1ccccc1)C(CC(=O)O)C(=O)N(C(=O)Nc1ccc(C(=O)OC)cc1)[C@@H](CC(C)C)C(=O)O. The van der Waals surface area contributed by atoms with Gasteiger partial charge in [-0.1, -0.05) is 51.1 Å². The van der Waals surface area contributed by atoms with Gasteiger partial charge < -0.3 is 20.3 Å². The van der Waals surface area contributed by atoms with Crippen molar-refractivity contribution in [1.82, 2.24) is 4.90 Å². The van der Waals surface area contributed by atoms with Gasteiger partial charge >= 0.3 is 23.9 Å². The molecule has 0 bridgehead atoms. The van der Waals surface area contributed by atoms with Gasteiger partial charge in [0.2, 0.25) is 5.91 Å². The molecule has 0 heterocycles. The highest BCUT2D eigenvalue weighted by atomic mass is 16.5. The molecule has 0 aliphatic heterocycles. The molecule has 0 aliphatic carbocycles. The Bertz CT molecular complexity index is 1130. The number of carbonyl (C=O) groups excluding carboxylic acids is 3. The number of urea groups is 1. The summed E-state index contributed by atoms with van der Waals surface area (Å²) in [5.74, 6) is -6.04.